The molecule has 3 saturated heterocycles. The van der Waals surface area contributed by atoms with Gasteiger partial charge in [-0.15, -0.1) is 0 Å². The largest absolute Gasteiger partial charge is 0.379 e. The first-order chi connectivity index (χ1) is 17.5. The van der Waals surface area contributed by atoms with Crippen LogP contribution in [0.25, 0.3) is 11.7 Å². The molecule has 4 fully saturated rings. The first kappa shape index (κ1) is 22.7. The minimum absolute atomic E-state index is 0.151. The van der Waals surface area contributed by atoms with Gasteiger partial charge in [-0.2, -0.15) is 9.61 Å². The number of urea groups is 1. The number of nitrogens with zero attached hydrogens (tertiary/aromatic N) is 6. The lowest BCUT2D eigenvalue weighted by molar-refractivity contribution is -0.133. The Kier molecular flexibility index (Phi) is 5.93. The number of carbonyl (C=O) groups is 3. The molecule has 3 N–H and O–H groups in total. The Balaban J connectivity index is 1.21. The first-order valence-electron chi connectivity index (χ1n) is 12.4. The van der Waals surface area contributed by atoms with Gasteiger partial charge in [-0.1, -0.05) is 0 Å². The lowest BCUT2D eigenvalue weighted by Gasteiger charge is -2.37. The van der Waals surface area contributed by atoms with Gasteiger partial charge in [-0.05, 0) is 18.9 Å². The van der Waals surface area contributed by atoms with Crippen LogP contribution in [0.4, 0.5) is 16.4 Å². The van der Waals surface area contributed by atoms with E-state index in [0.29, 0.717) is 63.2 Å². The SMILES string of the molecule is O=C1NC(=O)/C(=C/c2cnn3c(NC4CC4)cc(N4CCN(C(=O)CN5CCOCC5)CC4)nc23)N1. The number of fused-ring (bicyclic) bond motifs is 1. The number of anilines is 2. The number of hydrogen-bond acceptors (Lipinski definition) is 9. The Hall–Kier alpha value is -3.71. The zero-order chi connectivity index (χ0) is 24.6. The van der Waals surface area contributed by atoms with Crippen molar-refractivity contribution >= 4 is 41.2 Å². The number of piperazine rings is 1. The van der Waals surface area contributed by atoms with E-state index in [-0.39, 0.29) is 11.6 Å². The molecular formula is C23H29N9O4. The van der Waals surface area contributed by atoms with E-state index in [4.69, 9.17) is 9.72 Å². The van der Waals surface area contributed by atoms with Crippen LogP contribution in [0.2, 0.25) is 0 Å². The van der Waals surface area contributed by atoms with Crippen LogP contribution >= 0.6 is 0 Å². The number of imide groups is 1. The van der Waals surface area contributed by atoms with Crippen LogP contribution in [0.5, 0.6) is 0 Å². The van der Waals surface area contributed by atoms with Crippen molar-refractivity contribution in [1.82, 2.24) is 35.0 Å². The lowest BCUT2D eigenvalue weighted by atomic mass is 10.2. The Morgan fingerprint density at radius 1 is 1.11 bits per heavy atom. The second kappa shape index (κ2) is 9.39. The van der Waals surface area contributed by atoms with Crippen molar-refractivity contribution < 1.29 is 19.1 Å². The maximum Gasteiger partial charge on any atom is 0.326 e. The van der Waals surface area contributed by atoms with Crippen molar-refractivity contribution in [2.45, 2.75) is 18.9 Å². The molecule has 0 atom stereocenters. The van der Waals surface area contributed by atoms with Gasteiger partial charge >= 0.3 is 6.03 Å². The standard InChI is InChI=1S/C23H29N9O4/c33-20(14-29-7-9-36-10-8-29)31-5-3-30(4-6-31)18-12-19(25-16-1-2-16)32-21(27-18)15(13-24-32)11-17-22(34)28-23(35)26-17/h11-13,16,25H,1-10,14H2,(H2,26,28,34,35)/b17-11-. The van der Waals surface area contributed by atoms with Crippen LogP contribution in [0.15, 0.2) is 18.0 Å². The smallest absolute Gasteiger partial charge is 0.326 e. The predicted octanol–water partition coefficient (Wildman–Crippen LogP) is -0.535. The van der Waals surface area contributed by atoms with Crippen molar-refractivity contribution in [3.05, 3.63) is 23.5 Å². The van der Waals surface area contributed by atoms with E-state index in [1.54, 1.807) is 16.8 Å². The summed E-state index contributed by atoms with van der Waals surface area (Å²) in [5, 5.41) is 12.7. The third-order valence-electron chi connectivity index (χ3n) is 6.85. The monoisotopic (exact) mass is 495 g/mol. The van der Waals surface area contributed by atoms with E-state index in [1.165, 1.54) is 0 Å². The number of rotatable bonds is 6. The molecular weight excluding hydrogens is 466 g/mol. The average molecular weight is 496 g/mol. The molecule has 0 radical (unpaired) electrons. The average Bonchev–Trinajstić information content (AvgIpc) is 3.52. The Morgan fingerprint density at radius 2 is 1.89 bits per heavy atom. The molecule has 13 nitrogen and oxygen atoms in total. The van der Waals surface area contributed by atoms with E-state index < -0.39 is 11.9 Å². The summed E-state index contributed by atoms with van der Waals surface area (Å²) in [7, 11) is 0. The second-order valence-corrected chi connectivity index (χ2v) is 9.48. The topological polar surface area (TPSA) is 136 Å². The minimum Gasteiger partial charge on any atom is -0.379 e. The van der Waals surface area contributed by atoms with E-state index in [1.807, 2.05) is 11.0 Å². The fourth-order valence-corrected chi connectivity index (χ4v) is 4.64. The zero-order valence-electron chi connectivity index (χ0n) is 19.9. The quantitative estimate of drug-likeness (QED) is 0.357. The molecule has 0 aromatic carbocycles. The number of carbonyl (C=O) groups excluding carboxylic acids is 3. The lowest BCUT2D eigenvalue weighted by Crippen LogP contribution is -2.52. The third kappa shape index (κ3) is 4.71. The Morgan fingerprint density at radius 3 is 2.58 bits per heavy atom. The molecule has 0 bridgehead atoms. The molecule has 5 heterocycles. The third-order valence-corrected chi connectivity index (χ3v) is 6.85. The summed E-state index contributed by atoms with van der Waals surface area (Å²) in [6.07, 6.45) is 5.43. The molecule has 3 aliphatic heterocycles. The van der Waals surface area contributed by atoms with Gasteiger partial charge in [0.2, 0.25) is 5.91 Å². The predicted molar refractivity (Wildman–Crippen MR) is 130 cm³/mol. The highest BCUT2D eigenvalue weighted by molar-refractivity contribution is 6.14. The molecule has 4 aliphatic rings. The van der Waals surface area contributed by atoms with E-state index in [9.17, 15) is 14.4 Å². The van der Waals surface area contributed by atoms with Gasteiger partial charge < -0.3 is 25.2 Å². The van der Waals surface area contributed by atoms with Crippen molar-refractivity contribution in [2.75, 3.05) is 69.2 Å². The molecule has 2 aromatic rings. The molecule has 2 aromatic heterocycles. The van der Waals surface area contributed by atoms with Crippen molar-refractivity contribution in [1.29, 1.82) is 0 Å². The summed E-state index contributed by atoms with van der Waals surface area (Å²) in [5.74, 6) is 1.28. The van der Waals surface area contributed by atoms with E-state index in [0.717, 1.165) is 37.6 Å². The highest BCUT2D eigenvalue weighted by Gasteiger charge is 2.28. The van der Waals surface area contributed by atoms with Crippen molar-refractivity contribution in [2.24, 2.45) is 0 Å². The highest BCUT2D eigenvalue weighted by atomic mass is 16.5. The Bertz CT molecular complexity index is 1220. The molecule has 0 spiro atoms. The molecule has 190 valence electrons. The normalized spacial score (nSPS) is 22.3. The van der Waals surface area contributed by atoms with Crippen molar-refractivity contribution in [3.63, 3.8) is 0 Å². The summed E-state index contributed by atoms with van der Waals surface area (Å²) >= 11 is 0. The Labute approximate surface area is 207 Å². The van der Waals surface area contributed by atoms with Gasteiger partial charge in [0, 0.05) is 56.9 Å². The van der Waals surface area contributed by atoms with Crippen LogP contribution in [-0.4, -0.2) is 107 Å². The molecule has 1 saturated carbocycles. The fraction of sp³-hybridized carbons (Fsp3) is 0.522. The van der Waals surface area contributed by atoms with Gasteiger partial charge in [-0.3, -0.25) is 19.8 Å². The zero-order valence-corrected chi connectivity index (χ0v) is 19.9. The van der Waals surface area contributed by atoms with Gasteiger partial charge in [0.05, 0.1) is 26.0 Å². The number of amides is 4. The van der Waals surface area contributed by atoms with E-state index in [2.05, 4.69) is 30.8 Å². The van der Waals surface area contributed by atoms with Crippen LogP contribution in [0.1, 0.15) is 18.4 Å². The fourth-order valence-electron chi connectivity index (χ4n) is 4.64. The number of nitrogens with one attached hydrogen (secondary N) is 3. The van der Waals surface area contributed by atoms with E-state index >= 15 is 0 Å². The maximum atomic E-state index is 12.8. The van der Waals surface area contributed by atoms with Gasteiger partial charge in [0.25, 0.3) is 5.91 Å². The number of morpholine rings is 1. The van der Waals surface area contributed by atoms with Gasteiger partial charge in [0.15, 0.2) is 5.65 Å². The molecule has 6 rings (SSSR count). The number of aromatic nitrogens is 3. The summed E-state index contributed by atoms with van der Waals surface area (Å²) in [6, 6.07) is 1.85. The number of hydrogen-bond donors (Lipinski definition) is 3. The summed E-state index contributed by atoms with van der Waals surface area (Å²) in [4.78, 5) is 47.4. The molecule has 13 heteroatoms. The van der Waals surface area contributed by atoms with Crippen LogP contribution in [-0.2, 0) is 14.3 Å². The first-order valence-corrected chi connectivity index (χ1v) is 12.4. The summed E-state index contributed by atoms with van der Waals surface area (Å²) in [6.45, 7) is 5.97. The number of ether oxygens (including phenoxy) is 1. The minimum atomic E-state index is -0.548. The maximum absolute atomic E-state index is 12.8. The molecule has 36 heavy (non-hydrogen) atoms. The van der Waals surface area contributed by atoms with Gasteiger partial charge in [0.1, 0.15) is 17.3 Å². The van der Waals surface area contributed by atoms with Crippen LogP contribution in [0.3, 0.4) is 0 Å². The molecule has 1 aliphatic carbocycles. The highest BCUT2D eigenvalue weighted by Crippen LogP contribution is 2.29. The van der Waals surface area contributed by atoms with Crippen LogP contribution < -0.4 is 20.9 Å². The summed E-state index contributed by atoms with van der Waals surface area (Å²) < 4.78 is 7.10. The van der Waals surface area contributed by atoms with Gasteiger partial charge in [-0.25, -0.2) is 9.78 Å². The van der Waals surface area contributed by atoms with Crippen molar-refractivity contribution in [3.8, 4) is 0 Å². The summed E-state index contributed by atoms with van der Waals surface area (Å²) in [5.41, 5.74) is 1.37. The molecule has 4 amide bonds. The second-order valence-electron chi connectivity index (χ2n) is 9.48. The molecule has 0 unspecified atom stereocenters. The van der Waals surface area contributed by atoms with Crippen LogP contribution in [0, 0.1) is 0 Å².